The van der Waals surface area contributed by atoms with Gasteiger partial charge in [0.25, 0.3) is 0 Å². The Morgan fingerprint density at radius 1 is 1.06 bits per heavy atom. The van der Waals surface area contributed by atoms with Crippen LogP contribution in [0.5, 0.6) is 0 Å². The SMILES string of the molecule is CCO[Si](CCCOC(=O)CO)(OCC)OCC. The summed E-state index contributed by atoms with van der Waals surface area (Å²) in [5, 5.41) is 8.51. The van der Waals surface area contributed by atoms with Crippen molar-refractivity contribution < 1.29 is 27.9 Å². The zero-order valence-corrected chi connectivity index (χ0v) is 12.4. The number of hydrogen-bond acceptors (Lipinski definition) is 6. The van der Waals surface area contributed by atoms with Crippen LogP contribution in [-0.2, 0) is 22.8 Å². The Morgan fingerprint density at radius 2 is 1.56 bits per heavy atom. The zero-order chi connectivity index (χ0) is 13.9. The van der Waals surface area contributed by atoms with Crippen LogP contribution in [0.2, 0.25) is 6.04 Å². The van der Waals surface area contributed by atoms with Crippen LogP contribution in [0.1, 0.15) is 27.2 Å². The van der Waals surface area contributed by atoms with Gasteiger partial charge in [0.15, 0.2) is 0 Å². The second kappa shape index (κ2) is 10.4. The van der Waals surface area contributed by atoms with Gasteiger partial charge in [0, 0.05) is 25.9 Å². The molecule has 0 rings (SSSR count). The van der Waals surface area contributed by atoms with Gasteiger partial charge in [0.05, 0.1) is 6.61 Å². The second-order valence-corrected chi connectivity index (χ2v) is 6.20. The summed E-state index contributed by atoms with van der Waals surface area (Å²) in [7, 11) is -2.63. The molecule has 0 aromatic heterocycles. The molecule has 7 heteroatoms. The van der Waals surface area contributed by atoms with Crippen LogP contribution < -0.4 is 0 Å². The lowest BCUT2D eigenvalue weighted by molar-refractivity contribution is -0.146. The van der Waals surface area contributed by atoms with Crippen molar-refractivity contribution in [1.29, 1.82) is 0 Å². The highest BCUT2D eigenvalue weighted by atomic mass is 28.4. The molecule has 0 radical (unpaired) electrons. The topological polar surface area (TPSA) is 74.2 Å². The van der Waals surface area contributed by atoms with Crippen molar-refractivity contribution in [1.82, 2.24) is 0 Å². The first-order valence-electron chi connectivity index (χ1n) is 6.32. The average molecular weight is 280 g/mol. The number of esters is 1. The van der Waals surface area contributed by atoms with E-state index < -0.39 is 21.4 Å². The molecule has 0 heterocycles. The van der Waals surface area contributed by atoms with E-state index in [4.69, 9.17) is 23.1 Å². The number of carbonyl (C=O) groups excluding carboxylic acids is 1. The minimum atomic E-state index is -2.63. The van der Waals surface area contributed by atoms with Crippen LogP contribution in [0.3, 0.4) is 0 Å². The summed E-state index contributed by atoms with van der Waals surface area (Å²) in [5.41, 5.74) is 0. The van der Waals surface area contributed by atoms with E-state index in [1.165, 1.54) is 0 Å². The molecule has 0 aromatic carbocycles. The quantitative estimate of drug-likeness (QED) is 0.345. The van der Waals surface area contributed by atoms with E-state index in [1.807, 2.05) is 20.8 Å². The minimum absolute atomic E-state index is 0.237. The highest BCUT2D eigenvalue weighted by Gasteiger charge is 2.39. The first kappa shape index (κ1) is 17.5. The molecule has 108 valence electrons. The third kappa shape index (κ3) is 7.07. The number of carbonyl (C=O) groups is 1. The van der Waals surface area contributed by atoms with Crippen molar-refractivity contribution in [2.45, 2.75) is 33.2 Å². The summed E-state index contributed by atoms with van der Waals surface area (Å²) >= 11 is 0. The molecule has 0 bridgehead atoms. The smallest absolute Gasteiger partial charge is 0.464 e. The largest absolute Gasteiger partial charge is 0.501 e. The van der Waals surface area contributed by atoms with Gasteiger partial charge < -0.3 is 23.1 Å². The van der Waals surface area contributed by atoms with E-state index in [0.717, 1.165) is 0 Å². The third-order valence-corrected chi connectivity index (χ3v) is 5.26. The maximum absolute atomic E-state index is 10.8. The molecule has 0 aliphatic carbocycles. The molecule has 0 aliphatic heterocycles. The van der Waals surface area contributed by atoms with Crippen molar-refractivity contribution in [3.8, 4) is 0 Å². The number of aliphatic hydroxyl groups is 1. The van der Waals surface area contributed by atoms with Gasteiger partial charge in [-0.05, 0) is 27.2 Å². The predicted octanol–water partition coefficient (Wildman–Crippen LogP) is 0.960. The van der Waals surface area contributed by atoms with Crippen LogP contribution in [0, 0.1) is 0 Å². The lowest BCUT2D eigenvalue weighted by Gasteiger charge is -2.28. The van der Waals surface area contributed by atoms with Gasteiger partial charge in [0.2, 0.25) is 0 Å². The van der Waals surface area contributed by atoms with Crippen molar-refractivity contribution in [3.05, 3.63) is 0 Å². The normalized spacial score (nSPS) is 11.6. The number of ether oxygens (including phenoxy) is 1. The van der Waals surface area contributed by atoms with Crippen molar-refractivity contribution in [2.75, 3.05) is 33.0 Å². The van der Waals surface area contributed by atoms with Gasteiger partial charge in [-0.25, -0.2) is 4.79 Å². The third-order valence-electron chi connectivity index (χ3n) is 2.11. The van der Waals surface area contributed by atoms with Crippen LogP contribution in [0.25, 0.3) is 0 Å². The van der Waals surface area contributed by atoms with Gasteiger partial charge in [-0.15, -0.1) is 0 Å². The molecule has 0 aliphatic rings. The summed E-state index contributed by atoms with van der Waals surface area (Å²) in [6, 6.07) is 0.598. The van der Waals surface area contributed by atoms with Crippen molar-refractivity contribution in [2.24, 2.45) is 0 Å². The molecule has 0 unspecified atom stereocenters. The Hall–Kier alpha value is -0.473. The van der Waals surface area contributed by atoms with Crippen LogP contribution in [-0.4, -0.2) is 52.9 Å². The molecule has 0 spiro atoms. The maximum atomic E-state index is 10.8. The van der Waals surface area contributed by atoms with Gasteiger partial charge >= 0.3 is 14.8 Å². The second-order valence-electron chi connectivity index (χ2n) is 3.46. The summed E-state index contributed by atoms with van der Waals surface area (Å²) in [6.45, 7) is 6.92. The maximum Gasteiger partial charge on any atom is 0.501 e. The summed E-state index contributed by atoms with van der Waals surface area (Å²) in [4.78, 5) is 10.8. The fourth-order valence-corrected chi connectivity index (χ4v) is 4.10. The highest BCUT2D eigenvalue weighted by Crippen LogP contribution is 2.18. The molecule has 6 nitrogen and oxygen atoms in total. The van der Waals surface area contributed by atoms with Crippen molar-refractivity contribution in [3.63, 3.8) is 0 Å². The minimum Gasteiger partial charge on any atom is -0.464 e. The summed E-state index contributed by atoms with van der Waals surface area (Å²) in [5.74, 6) is -0.619. The van der Waals surface area contributed by atoms with Crippen LogP contribution >= 0.6 is 0 Å². The first-order chi connectivity index (χ1) is 8.64. The summed E-state index contributed by atoms with van der Waals surface area (Å²) < 4.78 is 21.7. The zero-order valence-electron chi connectivity index (χ0n) is 11.4. The standard InChI is InChI=1S/C11H24O6Si/c1-4-15-18(16-5-2,17-6-3)9-7-8-14-11(13)10-12/h12H,4-10H2,1-3H3. The molecular formula is C11H24O6Si. The van der Waals surface area contributed by atoms with Crippen LogP contribution in [0.15, 0.2) is 0 Å². The van der Waals surface area contributed by atoms with E-state index in [0.29, 0.717) is 32.3 Å². The lowest BCUT2D eigenvalue weighted by atomic mass is 10.5. The molecule has 0 aromatic rings. The molecule has 0 saturated heterocycles. The Bertz CT molecular complexity index is 207. The Balaban J connectivity index is 4.16. The molecule has 0 saturated carbocycles. The van der Waals surface area contributed by atoms with E-state index in [1.54, 1.807) is 0 Å². The molecule has 18 heavy (non-hydrogen) atoms. The van der Waals surface area contributed by atoms with Gasteiger partial charge in [-0.1, -0.05) is 0 Å². The van der Waals surface area contributed by atoms with Crippen molar-refractivity contribution >= 4 is 14.8 Å². The lowest BCUT2D eigenvalue weighted by Crippen LogP contribution is -2.46. The fourth-order valence-electron chi connectivity index (χ4n) is 1.52. The number of hydrogen-bond donors (Lipinski definition) is 1. The Morgan fingerprint density at radius 3 is 1.94 bits per heavy atom. The molecule has 0 atom stereocenters. The molecule has 0 amide bonds. The average Bonchev–Trinajstić information content (AvgIpc) is 2.35. The van der Waals surface area contributed by atoms with Gasteiger partial charge in [-0.3, -0.25) is 0 Å². The Kier molecular flexibility index (Phi) is 10.2. The van der Waals surface area contributed by atoms with Gasteiger partial charge in [0.1, 0.15) is 6.61 Å². The molecule has 0 fully saturated rings. The Labute approximate surface area is 110 Å². The molecule has 1 N–H and O–H groups in total. The number of rotatable bonds is 11. The summed E-state index contributed by atoms with van der Waals surface area (Å²) in [6.07, 6.45) is 0.595. The monoisotopic (exact) mass is 280 g/mol. The number of aliphatic hydroxyl groups excluding tert-OH is 1. The van der Waals surface area contributed by atoms with Gasteiger partial charge in [-0.2, -0.15) is 0 Å². The van der Waals surface area contributed by atoms with Crippen LogP contribution in [0.4, 0.5) is 0 Å². The highest BCUT2D eigenvalue weighted by molar-refractivity contribution is 6.60. The predicted molar refractivity (Wildman–Crippen MR) is 68.1 cm³/mol. The first-order valence-corrected chi connectivity index (χ1v) is 8.25. The molecular weight excluding hydrogens is 256 g/mol. The fraction of sp³-hybridized carbons (Fsp3) is 0.909. The van der Waals surface area contributed by atoms with E-state index in [2.05, 4.69) is 0 Å². The van der Waals surface area contributed by atoms with E-state index >= 15 is 0 Å². The van der Waals surface area contributed by atoms with E-state index in [-0.39, 0.29) is 6.61 Å². The van der Waals surface area contributed by atoms with E-state index in [9.17, 15) is 4.79 Å².